The predicted octanol–water partition coefficient (Wildman–Crippen LogP) is 5.41. The molecule has 8 atom stereocenters. The van der Waals surface area contributed by atoms with Gasteiger partial charge in [-0.1, -0.05) is 19.1 Å². The van der Waals surface area contributed by atoms with Gasteiger partial charge in [-0.25, -0.2) is 9.37 Å². The molecular formula is C25H37FN2O. The van der Waals surface area contributed by atoms with Gasteiger partial charge in [0.1, 0.15) is 6.67 Å². The number of aromatic nitrogens is 2. The summed E-state index contributed by atoms with van der Waals surface area (Å²) in [6.07, 6.45) is 15.9. The van der Waals surface area contributed by atoms with Gasteiger partial charge in [-0.2, -0.15) is 0 Å². The number of aliphatic hydroxyl groups is 1. The van der Waals surface area contributed by atoms with Crippen LogP contribution in [-0.2, 0) is 6.54 Å². The summed E-state index contributed by atoms with van der Waals surface area (Å²) in [6, 6.07) is 0. The molecule has 0 aromatic carbocycles. The molecule has 0 bridgehead atoms. The number of halogens is 1. The maximum Gasteiger partial charge on any atom is 0.118 e. The Morgan fingerprint density at radius 3 is 2.72 bits per heavy atom. The monoisotopic (exact) mass is 400 g/mol. The minimum Gasteiger partial charge on any atom is -0.387 e. The molecule has 0 amide bonds. The first-order valence-electron chi connectivity index (χ1n) is 11.9. The van der Waals surface area contributed by atoms with E-state index in [1.54, 1.807) is 0 Å². The van der Waals surface area contributed by atoms with Gasteiger partial charge in [0.05, 0.1) is 11.9 Å². The molecule has 4 heteroatoms. The van der Waals surface area contributed by atoms with E-state index in [0.717, 1.165) is 36.6 Å². The first-order chi connectivity index (χ1) is 13.9. The van der Waals surface area contributed by atoms with Gasteiger partial charge in [0, 0.05) is 18.9 Å². The van der Waals surface area contributed by atoms with E-state index in [-0.39, 0.29) is 0 Å². The van der Waals surface area contributed by atoms with Crippen molar-refractivity contribution in [3.05, 3.63) is 30.9 Å². The van der Waals surface area contributed by atoms with Crippen LogP contribution in [0.4, 0.5) is 4.39 Å². The molecule has 4 aliphatic rings. The zero-order chi connectivity index (χ0) is 20.2. The van der Waals surface area contributed by atoms with Crippen molar-refractivity contribution in [1.29, 1.82) is 0 Å². The second-order valence-corrected chi connectivity index (χ2v) is 11.1. The van der Waals surface area contributed by atoms with Crippen LogP contribution in [0, 0.1) is 40.9 Å². The van der Waals surface area contributed by atoms with E-state index in [1.807, 2.05) is 18.7 Å². The fourth-order valence-corrected chi connectivity index (χ4v) is 8.48. The highest BCUT2D eigenvalue weighted by Gasteiger charge is 2.58. The van der Waals surface area contributed by atoms with Crippen LogP contribution >= 0.6 is 0 Å². The summed E-state index contributed by atoms with van der Waals surface area (Å²) in [5.41, 5.74) is 0.742. The van der Waals surface area contributed by atoms with Crippen LogP contribution < -0.4 is 0 Å². The molecule has 3 nitrogen and oxygen atoms in total. The van der Waals surface area contributed by atoms with Crippen LogP contribution in [0.2, 0.25) is 0 Å². The number of hydrogen-bond acceptors (Lipinski definition) is 2. The van der Waals surface area contributed by atoms with Crippen molar-refractivity contribution in [1.82, 2.24) is 9.55 Å². The van der Waals surface area contributed by atoms with Crippen molar-refractivity contribution in [3.63, 3.8) is 0 Å². The molecule has 4 saturated carbocycles. The number of hydrogen-bond donors (Lipinski definition) is 1. The molecule has 160 valence electrons. The maximum atomic E-state index is 13.4. The SMILES string of the molecule is C=C(Cn1ccnc1)[C@H]1CC[C@H]2[C@@H]3CC[C@@H]4C[C@@](O)(CF)CC[C@@H]4[C@H]3CC[C@]12C. The van der Waals surface area contributed by atoms with E-state index in [4.69, 9.17) is 0 Å². The zero-order valence-electron chi connectivity index (χ0n) is 17.9. The van der Waals surface area contributed by atoms with Crippen molar-refractivity contribution < 1.29 is 9.50 Å². The van der Waals surface area contributed by atoms with Crippen LogP contribution in [0.3, 0.4) is 0 Å². The largest absolute Gasteiger partial charge is 0.387 e. The van der Waals surface area contributed by atoms with Gasteiger partial charge in [0.25, 0.3) is 0 Å². The molecule has 1 aromatic rings. The van der Waals surface area contributed by atoms with Crippen molar-refractivity contribution in [2.45, 2.75) is 76.9 Å². The Bertz CT molecular complexity index is 748. The highest BCUT2D eigenvalue weighted by atomic mass is 19.1. The molecular weight excluding hydrogens is 363 g/mol. The Labute approximate surface area is 174 Å². The van der Waals surface area contributed by atoms with Gasteiger partial charge >= 0.3 is 0 Å². The summed E-state index contributed by atoms with van der Waals surface area (Å²) in [4.78, 5) is 4.19. The lowest BCUT2D eigenvalue weighted by Crippen LogP contribution is -2.51. The summed E-state index contributed by atoms with van der Waals surface area (Å²) in [7, 11) is 0. The van der Waals surface area contributed by atoms with E-state index in [2.05, 4.69) is 23.1 Å². The number of alkyl halides is 1. The van der Waals surface area contributed by atoms with Crippen molar-refractivity contribution >= 4 is 0 Å². The zero-order valence-corrected chi connectivity index (χ0v) is 17.9. The molecule has 1 aromatic heterocycles. The van der Waals surface area contributed by atoms with Crippen molar-refractivity contribution in [3.8, 4) is 0 Å². The van der Waals surface area contributed by atoms with Crippen LogP contribution in [0.15, 0.2) is 30.9 Å². The molecule has 4 aliphatic carbocycles. The van der Waals surface area contributed by atoms with E-state index >= 15 is 0 Å². The number of rotatable bonds is 4. The lowest BCUT2D eigenvalue weighted by atomic mass is 9.48. The van der Waals surface area contributed by atoms with Crippen molar-refractivity contribution in [2.24, 2.45) is 40.9 Å². The van der Waals surface area contributed by atoms with Gasteiger partial charge in [-0.05, 0) is 98.7 Å². The number of allylic oxidation sites excluding steroid dienone is 1. The summed E-state index contributed by atoms with van der Waals surface area (Å²) >= 11 is 0. The second-order valence-electron chi connectivity index (χ2n) is 11.1. The Kier molecular flexibility index (Phi) is 4.92. The predicted molar refractivity (Wildman–Crippen MR) is 113 cm³/mol. The molecule has 0 saturated heterocycles. The minimum absolute atomic E-state index is 0.389. The molecule has 1 heterocycles. The molecule has 0 unspecified atom stereocenters. The summed E-state index contributed by atoms with van der Waals surface area (Å²) in [5, 5.41) is 10.5. The average Bonchev–Trinajstić information content (AvgIpc) is 3.34. The molecule has 0 spiro atoms. The third kappa shape index (κ3) is 3.21. The Morgan fingerprint density at radius 2 is 1.97 bits per heavy atom. The average molecular weight is 401 g/mol. The van der Waals surface area contributed by atoms with Crippen LogP contribution in [-0.4, -0.2) is 26.9 Å². The van der Waals surface area contributed by atoms with Gasteiger partial charge < -0.3 is 9.67 Å². The quantitative estimate of drug-likeness (QED) is 0.686. The van der Waals surface area contributed by atoms with Crippen molar-refractivity contribution in [2.75, 3.05) is 6.67 Å². The van der Waals surface area contributed by atoms with Gasteiger partial charge in [0.15, 0.2) is 0 Å². The minimum atomic E-state index is -1.03. The van der Waals surface area contributed by atoms with E-state index in [1.165, 1.54) is 44.1 Å². The molecule has 0 radical (unpaired) electrons. The molecule has 29 heavy (non-hydrogen) atoms. The van der Waals surface area contributed by atoms with E-state index < -0.39 is 12.3 Å². The first kappa shape index (κ1) is 19.8. The van der Waals surface area contributed by atoms with Gasteiger partial charge in [0.2, 0.25) is 0 Å². The fraction of sp³-hybridized carbons (Fsp3) is 0.800. The lowest BCUT2D eigenvalue weighted by molar-refractivity contribution is -0.110. The van der Waals surface area contributed by atoms with Crippen LogP contribution in [0.1, 0.15) is 64.7 Å². The van der Waals surface area contributed by atoms with Gasteiger partial charge in [-0.15, -0.1) is 0 Å². The lowest BCUT2D eigenvalue weighted by Gasteiger charge is -2.57. The molecule has 4 fully saturated rings. The standard InChI is InChI=1S/C25H37FN2O/c1-17(14-28-12-11-27-16-28)22-5-6-23-21-4-3-18-13-25(29,15-26)10-8-19(18)20(21)7-9-24(22,23)2/h11-12,16,18-23,29H,1,3-10,13-15H2,2H3/t18-,19+,20-,21-,22-,23+,24-,25-/m1/s1. The smallest absolute Gasteiger partial charge is 0.118 e. The normalized spacial score (nSPS) is 46.6. The molecule has 0 aliphatic heterocycles. The maximum absolute atomic E-state index is 13.4. The Morgan fingerprint density at radius 1 is 1.14 bits per heavy atom. The molecule has 1 N–H and O–H groups in total. The first-order valence-corrected chi connectivity index (χ1v) is 11.9. The van der Waals surface area contributed by atoms with Crippen LogP contribution in [0.5, 0.6) is 0 Å². The topological polar surface area (TPSA) is 38.0 Å². The molecule has 5 rings (SSSR count). The van der Waals surface area contributed by atoms with Crippen LogP contribution in [0.25, 0.3) is 0 Å². The summed E-state index contributed by atoms with van der Waals surface area (Å²) in [6.45, 7) is 7.42. The fourth-order valence-electron chi connectivity index (χ4n) is 8.48. The summed E-state index contributed by atoms with van der Waals surface area (Å²) < 4.78 is 15.5. The Hall–Kier alpha value is -1.16. The third-order valence-corrected chi connectivity index (χ3v) is 9.79. The van der Waals surface area contributed by atoms with Gasteiger partial charge in [-0.3, -0.25) is 0 Å². The number of nitrogens with zero attached hydrogens (tertiary/aromatic N) is 2. The number of imidazole rings is 1. The Balaban J connectivity index is 1.31. The highest BCUT2D eigenvalue weighted by molar-refractivity contribution is 5.16. The summed E-state index contributed by atoms with van der Waals surface area (Å²) in [5.74, 6) is 4.33. The number of fused-ring (bicyclic) bond motifs is 5. The highest BCUT2D eigenvalue weighted by Crippen LogP contribution is 2.65. The second kappa shape index (κ2) is 7.21. The van der Waals surface area contributed by atoms with E-state index in [9.17, 15) is 9.50 Å². The van der Waals surface area contributed by atoms with E-state index in [0.29, 0.717) is 30.1 Å². The third-order valence-electron chi connectivity index (χ3n) is 9.79.